The minimum absolute atomic E-state index is 0.104. The number of esters is 4. The second-order valence-corrected chi connectivity index (χ2v) is 24.1. The van der Waals surface area contributed by atoms with Crippen molar-refractivity contribution < 1.29 is 80.2 Å². The number of aliphatic hydroxyl groups excluding tert-OH is 1. The molecule has 0 amide bonds. The van der Waals surface area contributed by atoms with Crippen LogP contribution in [0.2, 0.25) is 0 Å². The van der Waals surface area contributed by atoms with Crippen LogP contribution in [0.3, 0.4) is 0 Å². The van der Waals surface area contributed by atoms with E-state index in [-0.39, 0.29) is 25.7 Å². The number of hydrogen-bond acceptors (Lipinski definition) is 15. The lowest BCUT2D eigenvalue weighted by Gasteiger charge is -2.21. The van der Waals surface area contributed by atoms with Crippen molar-refractivity contribution in [2.45, 2.75) is 297 Å². The highest BCUT2D eigenvalue weighted by Gasteiger charge is 2.30. The number of ether oxygens (including phenoxy) is 4. The molecule has 450 valence electrons. The number of rotatable bonds is 57. The average molecular weight is 1130 g/mol. The Bertz CT molecular complexity index is 1500. The zero-order valence-electron chi connectivity index (χ0n) is 48.4. The first-order valence-electron chi connectivity index (χ1n) is 30.1. The lowest BCUT2D eigenvalue weighted by molar-refractivity contribution is -0.161. The second kappa shape index (κ2) is 51.2. The predicted molar refractivity (Wildman–Crippen MR) is 298 cm³/mol. The maximum atomic E-state index is 12.9. The van der Waals surface area contributed by atoms with Crippen molar-refractivity contribution in [2.75, 3.05) is 39.6 Å². The van der Waals surface area contributed by atoms with Crippen molar-refractivity contribution in [3.63, 3.8) is 0 Å². The third-order valence-corrected chi connectivity index (χ3v) is 14.9. The molecule has 0 saturated carbocycles. The molecule has 0 aliphatic rings. The van der Waals surface area contributed by atoms with E-state index >= 15 is 0 Å². The van der Waals surface area contributed by atoms with Crippen LogP contribution in [-0.4, -0.2) is 96.7 Å². The summed E-state index contributed by atoms with van der Waals surface area (Å²) in [5.74, 6) is -1.43. The van der Waals surface area contributed by atoms with Gasteiger partial charge in [0.1, 0.15) is 19.3 Å². The first kappa shape index (κ1) is 74.1. The Labute approximate surface area is 460 Å². The number of phosphoric acid groups is 2. The largest absolute Gasteiger partial charge is 0.472 e. The maximum Gasteiger partial charge on any atom is 0.472 e. The molecule has 0 spiro atoms. The summed E-state index contributed by atoms with van der Waals surface area (Å²) in [6.07, 6.45) is 32.2. The molecule has 17 nitrogen and oxygen atoms in total. The lowest BCUT2D eigenvalue weighted by Crippen LogP contribution is -2.30. The normalized spacial score (nSPS) is 14.4. The molecule has 0 radical (unpaired) electrons. The topological polar surface area (TPSA) is 237 Å². The predicted octanol–water partition coefficient (Wildman–Crippen LogP) is 15.1. The van der Waals surface area contributed by atoms with Crippen LogP contribution in [0.5, 0.6) is 0 Å². The average Bonchev–Trinajstić information content (AvgIpc) is 3.38. The fourth-order valence-electron chi connectivity index (χ4n) is 8.34. The second-order valence-electron chi connectivity index (χ2n) is 21.2. The molecule has 0 aromatic rings. The molecule has 0 bridgehead atoms. The fraction of sp³-hybridized carbons (Fsp3) is 0.930. The van der Waals surface area contributed by atoms with E-state index in [0.29, 0.717) is 25.7 Å². The van der Waals surface area contributed by atoms with E-state index in [1.54, 1.807) is 0 Å². The summed E-state index contributed by atoms with van der Waals surface area (Å²) in [6, 6.07) is 0. The highest BCUT2D eigenvalue weighted by atomic mass is 31.2. The molecule has 5 atom stereocenters. The Morgan fingerprint density at radius 1 is 0.355 bits per heavy atom. The fourth-order valence-corrected chi connectivity index (χ4v) is 9.92. The third-order valence-electron chi connectivity index (χ3n) is 13.0. The van der Waals surface area contributed by atoms with Crippen molar-refractivity contribution in [2.24, 2.45) is 5.92 Å². The molecular formula is C57H110O17P2. The van der Waals surface area contributed by atoms with Crippen LogP contribution in [0, 0.1) is 5.92 Å². The standard InChI is InChI=1S/C57H110O17P2/c1-6-9-12-15-18-21-27-31-36-41-55(60)68-47-53(74-57(62)43-38-33-28-23-22-24-29-34-39-50(4)5)49-72-76(65,66)70-45-51(58)44-69-75(63,64)71-48-52(73-56(61)42-37-32-26-20-17-14-11-8-3)46-67-54(59)40-35-30-25-19-16-13-10-7-2/h50-53,58H,6-49H2,1-5H3,(H,63,64)(H,65,66)/t51-,52+,53+/m0/s1. The molecule has 2 unspecified atom stereocenters. The molecule has 0 aromatic heterocycles. The monoisotopic (exact) mass is 1130 g/mol. The van der Waals surface area contributed by atoms with E-state index in [2.05, 4.69) is 34.6 Å². The van der Waals surface area contributed by atoms with Crippen molar-refractivity contribution in [3.8, 4) is 0 Å². The highest BCUT2D eigenvalue weighted by Crippen LogP contribution is 2.45. The first-order valence-corrected chi connectivity index (χ1v) is 33.1. The van der Waals surface area contributed by atoms with E-state index in [4.69, 9.17) is 37.0 Å². The van der Waals surface area contributed by atoms with Crippen LogP contribution < -0.4 is 0 Å². The smallest absolute Gasteiger partial charge is 0.462 e. The number of carbonyl (C=O) groups excluding carboxylic acids is 4. The molecule has 19 heteroatoms. The van der Waals surface area contributed by atoms with Crippen LogP contribution in [0.15, 0.2) is 0 Å². The van der Waals surface area contributed by atoms with Crippen molar-refractivity contribution in [3.05, 3.63) is 0 Å². The van der Waals surface area contributed by atoms with Crippen molar-refractivity contribution in [1.29, 1.82) is 0 Å². The quantitative estimate of drug-likeness (QED) is 0.0222. The van der Waals surface area contributed by atoms with Gasteiger partial charge in [0.15, 0.2) is 12.2 Å². The number of hydrogen-bond donors (Lipinski definition) is 3. The Morgan fingerprint density at radius 2 is 0.605 bits per heavy atom. The zero-order valence-corrected chi connectivity index (χ0v) is 50.2. The number of aliphatic hydroxyl groups is 1. The molecule has 0 aliphatic heterocycles. The lowest BCUT2D eigenvalue weighted by atomic mass is 10.0. The van der Waals surface area contributed by atoms with E-state index < -0.39 is 97.5 Å². The molecule has 0 aliphatic carbocycles. The summed E-state index contributed by atoms with van der Waals surface area (Å²) in [5, 5.41) is 10.5. The summed E-state index contributed by atoms with van der Waals surface area (Å²) < 4.78 is 67.5. The Morgan fingerprint density at radius 3 is 0.895 bits per heavy atom. The molecule has 0 aromatic carbocycles. The van der Waals surface area contributed by atoms with Gasteiger partial charge in [-0.3, -0.25) is 37.3 Å². The van der Waals surface area contributed by atoms with E-state index in [0.717, 1.165) is 109 Å². The van der Waals surface area contributed by atoms with Crippen molar-refractivity contribution in [1.82, 2.24) is 0 Å². The van der Waals surface area contributed by atoms with Gasteiger partial charge in [-0.05, 0) is 31.6 Å². The van der Waals surface area contributed by atoms with Gasteiger partial charge in [0.25, 0.3) is 0 Å². The van der Waals surface area contributed by atoms with Gasteiger partial charge in [-0.1, -0.05) is 227 Å². The maximum absolute atomic E-state index is 12.9. The zero-order chi connectivity index (χ0) is 56.4. The first-order chi connectivity index (χ1) is 36.5. The van der Waals surface area contributed by atoms with Gasteiger partial charge in [0.05, 0.1) is 26.4 Å². The SMILES string of the molecule is CCCCCCCCCCCC(=O)OC[C@H](COP(=O)(O)OC[C@@H](O)COP(=O)(O)OC[C@@H](COC(=O)CCCCCCCCCC)OC(=O)CCCCCCCCCC)OC(=O)CCCCCCCCCCC(C)C. The Hall–Kier alpha value is -1.94. The minimum atomic E-state index is -4.93. The van der Waals surface area contributed by atoms with Gasteiger partial charge >= 0.3 is 39.5 Å². The van der Waals surface area contributed by atoms with Crippen LogP contribution in [-0.2, 0) is 65.4 Å². The molecular weight excluding hydrogens is 1020 g/mol. The van der Waals surface area contributed by atoms with Gasteiger partial charge in [-0.25, -0.2) is 9.13 Å². The van der Waals surface area contributed by atoms with Crippen LogP contribution in [0.25, 0.3) is 0 Å². The minimum Gasteiger partial charge on any atom is -0.462 e. The van der Waals surface area contributed by atoms with Gasteiger partial charge in [0.2, 0.25) is 0 Å². The van der Waals surface area contributed by atoms with Gasteiger partial charge in [-0.15, -0.1) is 0 Å². The van der Waals surface area contributed by atoms with Gasteiger partial charge < -0.3 is 33.8 Å². The van der Waals surface area contributed by atoms with Gasteiger partial charge in [0, 0.05) is 25.7 Å². The Kier molecular flexibility index (Phi) is 49.9. The molecule has 0 saturated heterocycles. The number of carbonyl (C=O) groups is 4. The summed E-state index contributed by atoms with van der Waals surface area (Å²) >= 11 is 0. The van der Waals surface area contributed by atoms with E-state index in [1.807, 2.05) is 0 Å². The van der Waals surface area contributed by atoms with Crippen LogP contribution >= 0.6 is 15.6 Å². The van der Waals surface area contributed by atoms with E-state index in [9.17, 15) is 43.2 Å². The molecule has 76 heavy (non-hydrogen) atoms. The van der Waals surface area contributed by atoms with Crippen LogP contribution in [0.1, 0.15) is 279 Å². The summed E-state index contributed by atoms with van der Waals surface area (Å²) in [6.45, 7) is 7.03. The molecule has 0 heterocycles. The molecule has 0 rings (SSSR count). The van der Waals surface area contributed by atoms with Crippen molar-refractivity contribution >= 4 is 39.5 Å². The summed E-state index contributed by atoms with van der Waals surface area (Å²) in [5.41, 5.74) is 0. The third kappa shape index (κ3) is 51.5. The highest BCUT2D eigenvalue weighted by molar-refractivity contribution is 7.47. The van der Waals surface area contributed by atoms with Gasteiger partial charge in [-0.2, -0.15) is 0 Å². The summed E-state index contributed by atoms with van der Waals surface area (Å²) in [7, 11) is -9.86. The van der Waals surface area contributed by atoms with E-state index in [1.165, 1.54) is 89.9 Å². The van der Waals surface area contributed by atoms with Crippen LogP contribution in [0.4, 0.5) is 0 Å². The molecule has 3 N–H and O–H groups in total. The molecule has 0 fully saturated rings. The number of unbranched alkanes of at least 4 members (excludes halogenated alkanes) is 29. The number of phosphoric ester groups is 2. The summed E-state index contributed by atoms with van der Waals surface area (Å²) in [4.78, 5) is 71.7. The Balaban J connectivity index is 5.21.